The van der Waals surface area contributed by atoms with E-state index in [4.69, 9.17) is 37.9 Å². The van der Waals surface area contributed by atoms with E-state index in [1.807, 2.05) is 67.6 Å². The summed E-state index contributed by atoms with van der Waals surface area (Å²) in [5.41, 5.74) is 0. The second-order valence-corrected chi connectivity index (χ2v) is 74.2. The summed E-state index contributed by atoms with van der Waals surface area (Å²) in [5, 5.41) is 2.30. The topological polar surface area (TPSA) is 215 Å². The van der Waals surface area contributed by atoms with Crippen molar-refractivity contribution >= 4 is 194 Å². The third-order valence-electron chi connectivity index (χ3n) is 8.14. The number of alkyl carbamates (subject to hydrolysis) is 1. The number of hydrogen-bond acceptors (Lipinski definition) is 15. The molecule has 11 atom stereocenters. The predicted octanol–water partition coefficient (Wildman–Crippen LogP) is 10.4. The molecule has 1 amide bonds. The van der Waals surface area contributed by atoms with Crippen LogP contribution in [0.1, 0.15) is 39.0 Å². The van der Waals surface area contributed by atoms with Crippen molar-refractivity contribution in [3.63, 3.8) is 0 Å². The number of methoxy groups -OCH3 is 2. The Labute approximate surface area is 487 Å². The Kier molecular flexibility index (Phi) is 62.2. The molecular weight excluding hydrogens is 1440 g/mol. The Bertz CT molecular complexity index is 1700. The van der Waals surface area contributed by atoms with E-state index >= 15 is 0 Å². The first kappa shape index (κ1) is 81.4. The number of carbonyl (C=O) groups excluding carboxylic acids is 5. The normalized spacial score (nSPS) is 13.6. The van der Waals surface area contributed by atoms with Gasteiger partial charge in [0.25, 0.3) is 0 Å². The van der Waals surface area contributed by atoms with Crippen LogP contribution in [-0.4, -0.2) is 179 Å². The Hall–Kier alpha value is 3.14. The first-order valence-electron chi connectivity index (χ1n) is 22.7. The molecule has 1 aliphatic rings. The number of cyclic esters (lactones) is 2. The fourth-order valence-corrected chi connectivity index (χ4v) is 134. The van der Waals surface area contributed by atoms with Gasteiger partial charge in [-0.1, -0.05) is 7.96 Å². The second-order valence-electron chi connectivity index (χ2n) is 14.8. The summed E-state index contributed by atoms with van der Waals surface area (Å²) in [5.74, 6) is -1.50. The molecule has 3 rings (SSSR count). The maximum atomic E-state index is 12.4. The van der Waals surface area contributed by atoms with Crippen LogP contribution in [0, 0.1) is 5.92 Å². The van der Waals surface area contributed by atoms with Crippen LogP contribution in [-0.2, 0) is 61.8 Å². The average molecular weight is 1520 g/mol. The van der Waals surface area contributed by atoms with Crippen molar-refractivity contribution in [1.29, 1.82) is 0 Å². The Morgan fingerprint density at radius 1 is 0.703 bits per heavy atom. The zero-order valence-electron chi connectivity index (χ0n) is 43.5. The molecule has 0 saturated carbocycles. The van der Waals surface area contributed by atoms with Gasteiger partial charge in [0.15, 0.2) is 0 Å². The van der Waals surface area contributed by atoms with Crippen molar-refractivity contribution < 1.29 is 66.6 Å². The molecule has 1 saturated heterocycles. The van der Waals surface area contributed by atoms with Crippen LogP contribution in [0.15, 0.2) is 60.7 Å². The summed E-state index contributed by atoms with van der Waals surface area (Å²) in [6.07, 6.45) is 0.918. The molecule has 74 heavy (non-hydrogen) atoms. The summed E-state index contributed by atoms with van der Waals surface area (Å²) in [7, 11) is 25.4. The van der Waals surface area contributed by atoms with Crippen molar-refractivity contribution in [2.75, 3.05) is 93.5 Å². The number of ether oxygens (including phenoxy) is 9. The number of nitrogens with one attached hydrogen (secondary N) is 1. The summed E-state index contributed by atoms with van der Waals surface area (Å²) in [6.45, 7) is 7.73. The molecular formula is C42H83N2O14P13Se2Sn. The van der Waals surface area contributed by atoms with Crippen molar-refractivity contribution in [3.8, 4) is 0 Å². The molecule has 1 aliphatic heterocycles. The van der Waals surface area contributed by atoms with Crippen LogP contribution in [0.4, 0.5) is 4.79 Å². The van der Waals surface area contributed by atoms with Crippen molar-refractivity contribution in [3.05, 3.63) is 60.7 Å². The van der Waals surface area contributed by atoms with Crippen LogP contribution in [0.2, 0.25) is 14.8 Å². The molecule has 2 aromatic carbocycles. The monoisotopic (exact) mass is 1520 g/mol. The number of benzene rings is 2. The van der Waals surface area contributed by atoms with Gasteiger partial charge in [-0.3, -0.25) is 4.79 Å². The molecule has 9 unspecified atom stereocenters. The SMILES string of the molecule is CC[C@@H](CCC(=O)OCCOCCOCCOC)C(=O)[Se]c1ccccc1.COCCOCCOCCOC(=O)CC[C@@H]1NC(=O)OC1=O.N.PPP(P(P)P)P(P(P)P)P(P)P.[CH3][Sn]([CH3])[CH3].[Se]c1ccccc1. The Morgan fingerprint density at radius 2 is 1.12 bits per heavy atom. The molecule has 0 bridgehead atoms. The standard InChI is InChI=1S/C20H30O6Se.C13H21NO8.C6H5Se.3CH3.H3N.H15P13.Sn/c1-3-17(20(22)27-18-7-5-4-6-8-18)9-10-19(21)26-16-15-25-14-13-24-12-11-23-2;1-18-4-5-19-6-7-20-8-9-21-11(15)3-2-10-12(16)22-13(17)14-10;7-6-4-2-1-3-5-6;;;;;1-8-12(9(2)3)13(10(4)5)11(6)7;/h4-8,17H,3,9-16H2,1-2H3;10H,2-9H2,1H3,(H,14,17);1-5H;4*1H3;8H,1-7H2;/t17-;10-;;;;;;;/m00......./s1. The van der Waals surface area contributed by atoms with Gasteiger partial charge in [-0.05, 0) is 41.4 Å². The Balaban J connectivity index is -0.000000953. The first-order chi connectivity index (χ1) is 34.8. The van der Waals surface area contributed by atoms with Gasteiger partial charge in [-0.25, -0.2) is 9.59 Å². The summed E-state index contributed by atoms with van der Waals surface area (Å²) in [6, 6.07) is 19.1. The number of rotatable bonds is 33. The van der Waals surface area contributed by atoms with Gasteiger partial charge in [-0.15, -0.1) is 62.5 Å². The van der Waals surface area contributed by atoms with Gasteiger partial charge in [0.2, 0.25) is 0 Å². The molecule has 1 fully saturated rings. The molecule has 4 N–H and O–H groups in total. The molecule has 426 valence electrons. The van der Waals surface area contributed by atoms with Crippen LogP contribution in [0.5, 0.6) is 0 Å². The van der Waals surface area contributed by atoms with Gasteiger partial charge in [0.1, 0.15) is 12.6 Å². The molecule has 2 radical (unpaired) electrons. The number of esters is 3. The summed E-state index contributed by atoms with van der Waals surface area (Å²) < 4.78 is 47.5. The minimum atomic E-state index is -0.788. The van der Waals surface area contributed by atoms with Crippen molar-refractivity contribution in [1.82, 2.24) is 11.5 Å². The molecule has 1 heterocycles. The van der Waals surface area contributed by atoms with E-state index < -0.39 is 43.8 Å². The summed E-state index contributed by atoms with van der Waals surface area (Å²) >= 11 is 2.16. The third kappa shape index (κ3) is 49.7. The van der Waals surface area contributed by atoms with E-state index in [1.165, 1.54) is 4.46 Å². The molecule has 2 aromatic rings. The van der Waals surface area contributed by atoms with Crippen LogP contribution in [0.3, 0.4) is 0 Å². The fourth-order valence-electron chi connectivity index (χ4n) is 4.76. The van der Waals surface area contributed by atoms with E-state index in [0.717, 1.165) is 18.8 Å². The molecule has 16 nitrogen and oxygen atoms in total. The predicted molar refractivity (Wildman–Crippen MR) is 348 cm³/mol. The van der Waals surface area contributed by atoms with Crippen LogP contribution >= 0.6 is 105 Å². The van der Waals surface area contributed by atoms with E-state index in [0.29, 0.717) is 65.9 Å². The molecule has 0 spiro atoms. The number of carbonyl (C=O) groups is 5. The Morgan fingerprint density at radius 3 is 1.46 bits per heavy atom. The quantitative estimate of drug-likeness (QED) is 0.0170. The van der Waals surface area contributed by atoms with Crippen LogP contribution < -0.4 is 20.4 Å². The number of hydrogen-bond donors (Lipinski definition) is 2. The van der Waals surface area contributed by atoms with E-state index in [-0.39, 0.29) is 112 Å². The minimum absolute atomic E-state index is 0. The molecule has 0 aromatic heterocycles. The van der Waals surface area contributed by atoms with E-state index in [2.05, 4.69) is 103 Å². The van der Waals surface area contributed by atoms with Gasteiger partial charge >= 0.3 is 246 Å². The zero-order chi connectivity index (χ0) is 55.2. The third-order valence-corrected chi connectivity index (χ3v) is 84.2. The van der Waals surface area contributed by atoms with Gasteiger partial charge in [0, 0.05) is 20.6 Å². The fraction of sp³-hybridized carbons (Fsp3) is 0.595. The second kappa shape index (κ2) is 56.6. The van der Waals surface area contributed by atoms with Crippen molar-refractivity contribution in [2.45, 2.75) is 59.9 Å². The van der Waals surface area contributed by atoms with Gasteiger partial charge < -0.3 is 39.9 Å². The zero-order valence-corrected chi connectivity index (χ0v) is 63.3. The van der Waals surface area contributed by atoms with Crippen molar-refractivity contribution in [2.24, 2.45) is 5.92 Å². The first-order valence-corrected chi connectivity index (χ1v) is 56.7. The summed E-state index contributed by atoms with van der Waals surface area (Å²) in [4.78, 5) is 64.6. The average Bonchev–Trinajstić information content (AvgIpc) is 3.67. The number of amides is 1. The maximum absolute atomic E-state index is 12.4. The van der Waals surface area contributed by atoms with Crippen LogP contribution in [0.25, 0.3) is 0 Å². The van der Waals surface area contributed by atoms with Gasteiger partial charge in [-0.2, -0.15) is 0 Å². The van der Waals surface area contributed by atoms with Gasteiger partial charge in [0.05, 0.1) is 46.2 Å². The molecule has 0 aliphatic carbocycles. The van der Waals surface area contributed by atoms with E-state index in [9.17, 15) is 24.0 Å². The molecule has 32 heteroatoms. The van der Waals surface area contributed by atoms with E-state index in [1.54, 1.807) is 14.2 Å².